The number of carboxylic acids is 1. The Labute approximate surface area is 112 Å². The lowest BCUT2D eigenvalue weighted by Crippen LogP contribution is -2.60. The zero-order valence-corrected chi connectivity index (χ0v) is 9.47. The molecule has 0 aromatic heterocycles. The van der Waals surface area contributed by atoms with Crippen molar-refractivity contribution in [3.63, 3.8) is 0 Å². The number of hydrogen-bond donors (Lipinski definition) is 1. The van der Waals surface area contributed by atoms with Crippen molar-refractivity contribution in [1.82, 2.24) is 0 Å². The molecule has 0 atom stereocenters. The van der Waals surface area contributed by atoms with Gasteiger partial charge in [-0.05, 0) is 0 Å². The molecular formula is C8H2F12O2. The summed E-state index contributed by atoms with van der Waals surface area (Å²) >= 11 is 0. The molecule has 0 saturated heterocycles. The van der Waals surface area contributed by atoms with Gasteiger partial charge in [-0.25, -0.2) is 9.18 Å². The van der Waals surface area contributed by atoms with E-state index < -0.39 is 47.7 Å². The summed E-state index contributed by atoms with van der Waals surface area (Å²) in [5.41, 5.74) is 0. The molecule has 0 fully saturated rings. The maximum Gasteiger partial charge on any atom is 0.460 e. The number of halogens is 12. The maximum atomic E-state index is 12.7. The molecule has 130 valence electrons. The van der Waals surface area contributed by atoms with Crippen molar-refractivity contribution in [3.05, 3.63) is 11.9 Å². The predicted molar refractivity (Wildman–Crippen MR) is 42.7 cm³/mol. The molecule has 0 radical (unpaired) electrons. The molecule has 0 aliphatic heterocycles. The summed E-state index contributed by atoms with van der Waals surface area (Å²) in [6, 6.07) is 0. The quantitative estimate of drug-likeness (QED) is 0.754. The van der Waals surface area contributed by atoms with Crippen LogP contribution in [0.2, 0.25) is 0 Å². The van der Waals surface area contributed by atoms with Crippen molar-refractivity contribution in [2.24, 2.45) is 0 Å². The third kappa shape index (κ3) is 3.09. The molecule has 22 heavy (non-hydrogen) atoms. The van der Waals surface area contributed by atoms with Crippen molar-refractivity contribution in [2.45, 2.75) is 29.9 Å². The van der Waals surface area contributed by atoms with Gasteiger partial charge < -0.3 is 5.11 Å². The smallest absolute Gasteiger partial charge is 0.460 e. The Bertz CT molecular complexity index is 474. The van der Waals surface area contributed by atoms with Gasteiger partial charge >= 0.3 is 35.8 Å². The van der Waals surface area contributed by atoms with Crippen LogP contribution in [0.1, 0.15) is 0 Å². The Morgan fingerprint density at radius 3 is 1.41 bits per heavy atom. The van der Waals surface area contributed by atoms with Gasteiger partial charge in [0.2, 0.25) is 0 Å². The van der Waals surface area contributed by atoms with Gasteiger partial charge in [0.25, 0.3) is 0 Å². The fourth-order valence-corrected chi connectivity index (χ4v) is 0.830. The summed E-state index contributed by atoms with van der Waals surface area (Å²) in [7, 11) is 0. The SMILES string of the molecule is O=C(O)C(F)(F)/C(F)=C\C(F)(F)C(F)(F)C(F)(F)C(F)(F)F. The summed E-state index contributed by atoms with van der Waals surface area (Å²) in [4.78, 5) is 9.76. The van der Waals surface area contributed by atoms with Crippen molar-refractivity contribution in [1.29, 1.82) is 0 Å². The number of allylic oxidation sites excluding steroid dienone is 1. The predicted octanol–water partition coefficient (Wildman–Crippen LogP) is 4.03. The number of aliphatic carboxylic acids is 1. The summed E-state index contributed by atoms with van der Waals surface area (Å²) < 4.78 is 147. The van der Waals surface area contributed by atoms with Crippen molar-refractivity contribution >= 4 is 5.97 Å². The van der Waals surface area contributed by atoms with E-state index in [0.717, 1.165) is 0 Å². The number of hydrogen-bond acceptors (Lipinski definition) is 1. The first-order valence-corrected chi connectivity index (χ1v) is 4.52. The zero-order valence-electron chi connectivity index (χ0n) is 9.47. The molecule has 0 heterocycles. The van der Waals surface area contributed by atoms with E-state index in [1.54, 1.807) is 0 Å². The van der Waals surface area contributed by atoms with Crippen LogP contribution in [0.5, 0.6) is 0 Å². The lowest BCUT2D eigenvalue weighted by Gasteiger charge is -2.32. The molecule has 0 aliphatic carbocycles. The monoisotopic (exact) mass is 358 g/mol. The van der Waals surface area contributed by atoms with Crippen LogP contribution >= 0.6 is 0 Å². The van der Waals surface area contributed by atoms with Crippen LogP contribution in [0.15, 0.2) is 11.9 Å². The van der Waals surface area contributed by atoms with Gasteiger partial charge in [-0.15, -0.1) is 0 Å². The molecule has 0 aliphatic rings. The van der Waals surface area contributed by atoms with Crippen LogP contribution in [-0.2, 0) is 4.79 Å². The summed E-state index contributed by atoms with van der Waals surface area (Å²) in [5.74, 6) is -34.7. The minimum Gasteiger partial charge on any atom is -0.476 e. The van der Waals surface area contributed by atoms with E-state index in [9.17, 15) is 57.5 Å². The molecule has 0 bridgehead atoms. The largest absolute Gasteiger partial charge is 0.476 e. The van der Waals surface area contributed by atoms with Gasteiger partial charge in [0, 0.05) is 6.08 Å². The average molecular weight is 358 g/mol. The van der Waals surface area contributed by atoms with Crippen LogP contribution in [0.3, 0.4) is 0 Å². The van der Waals surface area contributed by atoms with E-state index >= 15 is 0 Å². The van der Waals surface area contributed by atoms with E-state index in [2.05, 4.69) is 0 Å². The lowest BCUT2D eigenvalue weighted by atomic mass is 10.0. The maximum absolute atomic E-state index is 12.7. The highest BCUT2D eigenvalue weighted by atomic mass is 19.4. The molecule has 0 aromatic rings. The van der Waals surface area contributed by atoms with Crippen LogP contribution in [0.4, 0.5) is 52.7 Å². The highest BCUT2D eigenvalue weighted by molar-refractivity contribution is 5.78. The Balaban J connectivity index is 6.00. The van der Waals surface area contributed by atoms with Crippen LogP contribution < -0.4 is 0 Å². The molecule has 0 rings (SSSR count). The minimum absolute atomic E-state index is 2.30. The van der Waals surface area contributed by atoms with E-state index in [1.165, 1.54) is 0 Å². The first-order chi connectivity index (χ1) is 9.32. The molecule has 0 saturated carbocycles. The summed E-state index contributed by atoms with van der Waals surface area (Å²) in [6.45, 7) is 0. The molecule has 0 aromatic carbocycles. The van der Waals surface area contributed by atoms with E-state index in [0.29, 0.717) is 0 Å². The number of carbonyl (C=O) groups is 1. The molecule has 0 amide bonds. The highest BCUT2D eigenvalue weighted by Gasteiger charge is 2.81. The third-order valence-electron chi connectivity index (χ3n) is 2.05. The van der Waals surface area contributed by atoms with Gasteiger partial charge in [0.1, 0.15) is 0 Å². The fourth-order valence-electron chi connectivity index (χ4n) is 0.830. The van der Waals surface area contributed by atoms with Crippen LogP contribution in [-0.4, -0.2) is 40.9 Å². The Morgan fingerprint density at radius 1 is 0.773 bits per heavy atom. The first kappa shape index (κ1) is 20.4. The molecule has 14 heteroatoms. The Morgan fingerprint density at radius 2 is 1.14 bits per heavy atom. The van der Waals surface area contributed by atoms with Gasteiger partial charge in [0.05, 0.1) is 0 Å². The molecular weight excluding hydrogens is 356 g/mol. The molecule has 2 nitrogen and oxygen atoms in total. The lowest BCUT2D eigenvalue weighted by molar-refractivity contribution is -0.388. The van der Waals surface area contributed by atoms with Crippen molar-refractivity contribution in [2.75, 3.05) is 0 Å². The summed E-state index contributed by atoms with van der Waals surface area (Å²) in [5, 5.41) is 7.71. The van der Waals surface area contributed by atoms with Gasteiger partial charge in [-0.3, -0.25) is 0 Å². The summed E-state index contributed by atoms with van der Waals surface area (Å²) in [6.07, 6.45) is -9.53. The van der Waals surface area contributed by atoms with Crippen molar-refractivity contribution in [3.8, 4) is 0 Å². The van der Waals surface area contributed by atoms with E-state index in [-0.39, 0.29) is 0 Å². The molecule has 1 N–H and O–H groups in total. The normalized spacial score (nSPS) is 15.9. The zero-order chi connectivity index (χ0) is 18.4. The van der Waals surface area contributed by atoms with Crippen molar-refractivity contribution < 1.29 is 62.6 Å². The second kappa shape index (κ2) is 5.22. The molecule has 0 spiro atoms. The standard InChI is InChI=1S/C8H2F12O2/c9-2(5(12,13)3(21)22)1-4(10,11)6(14,15)7(16,17)8(18,19)20/h1H,(H,21,22)/b2-1+. The van der Waals surface area contributed by atoms with E-state index in [4.69, 9.17) is 5.11 Å². The topological polar surface area (TPSA) is 37.3 Å². The van der Waals surface area contributed by atoms with Gasteiger partial charge in [-0.2, -0.15) is 48.3 Å². The first-order valence-electron chi connectivity index (χ1n) is 4.52. The third-order valence-corrected chi connectivity index (χ3v) is 2.05. The van der Waals surface area contributed by atoms with Crippen LogP contribution in [0, 0.1) is 0 Å². The Kier molecular flexibility index (Phi) is 4.84. The highest BCUT2D eigenvalue weighted by Crippen LogP contribution is 2.54. The number of alkyl halides is 11. The van der Waals surface area contributed by atoms with Gasteiger partial charge in [-0.1, -0.05) is 0 Å². The number of carboxylic acid groups (broad SMARTS) is 1. The fraction of sp³-hybridized carbons (Fsp3) is 0.625. The van der Waals surface area contributed by atoms with E-state index in [1.807, 2.05) is 0 Å². The minimum atomic E-state index is -7.42. The number of rotatable bonds is 5. The van der Waals surface area contributed by atoms with Crippen LogP contribution in [0.25, 0.3) is 0 Å². The Hall–Kier alpha value is -1.63. The average Bonchev–Trinajstić information content (AvgIpc) is 2.25. The second-order valence-electron chi connectivity index (χ2n) is 3.64. The second-order valence-corrected chi connectivity index (χ2v) is 3.64. The van der Waals surface area contributed by atoms with Gasteiger partial charge in [0.15, 0.2) is 5.83 Å². The molecule has 0 unspecified atom stereocenters.